The second-order valence-corrected chi connectivity index (χ2v) is 10.3. The van der Waals surface area contributed by atoms with Crippen molar-refractivity contribution in [1.82, 2.24) is 19.9 Å². The topological polar surface area (TPSA) is 124 Å². The highest BCUT2D eigenvalue weighted by molar-refractivity contribution is 7.22. The molecule has 5 N–H and O–H groups in total. The predicted octanol–water partition coefficient (Wildman–Crippen LogP) is 3.89. The fraction of sp³-hybridized carbons (Fsp3) is 0.375. The lowest BCUT2D eigenvalue weighted by Gasteiger charge is -2.19. The van der Waals surface area contributed by atoms with E-state index in [9.17, 15) is 4.39 Å². The maximum absolute atomic E-state index is 16.2. The van der Waals surface area contributed by atoms with Crippen molar-refractivity contribution in [3.05, 3.63) is 34.9 Å². The average molecular weight is 550 g/mol. The number of aromatic nitrogens is 3. The summed E-state index contributed by atoms with van der Waals surface area (Å²) in [6.45, 7) is 1.82. The van der Waals surface area contributed by atoms with Gasteiger partial charge in [0.05, 0.1) is 21.3 Å². The van der Waals surface area contributed by atoms with Crippen molar-refractivity contribution < 1.29 is 18.3 Å². The highest BCUT2D eigenvalue weighted by atomic mass is 35.5. The summed E-state index contributed by atoms with van der Waals surface area (Å²) in [4.78, 5) is 15.2. The lowest BCUT2D eigenvalue weighted by atomic mass is 10.0. The predicted molar refractivity (Wildman–Crippen MR) is 142 cm³/mol. The Labute approximate surface area is 220 Å². The third kappa shape index (κ3) is 4.87. The Hall–Kier alpha value is -2.90. The van der Waals surface area contributed by atoms with Gasteiger partial charge in [-0.2, -0.15) is 9.97 Å². The van der Waals surface area contributed by atoms with Gasteiger partial charge in [-0.1, -0.05) is 22.9 Å². The van der Waals surface area contributed by atoms with Crippen molar-refractivity contribution in [2.24, 2.45) is 5.73 Å². The number of likely N-dealkylation sites (N-methyl/N-ethyl adjacent to an activating group) is 1. The number of nitrogens with zero attached hydrogens (tertiary/aromatic N) is 4. The summed E-state index contributed by atoms with van der Waals surface area (Å²) in [5.41, 5.74) is 12.1. The Morgan fingerprint density at radius 2 is 2.05 bits per heavy atom. The molecule has 196 valence electrons. The number of hydrogen-bond acceptors (Lipinski definition) is 10. The van der Waals surface area contributed by atoms with E-state index < -0.39 is 11.6 Å². The van der Waals surface area contributed by atoms with Crippen LogP contribution in [0.25, 0.3) is 32.2 Å². The van der Waals surface area contributed by atoms with Gasteiger partial charge in [0.15, 0.2) is 10.9 Å². The molecule has 1 aliphatic rings. The van der Waals surface area contributed by atoms with Crippen molar-refractivity contribution >= 4 is 55.0 Å². The summed E-state index contributed by atoms with van der Waals surface area (Å²) in [7, 11) is 3.68. The van der Waals surface area contributed by atoms with Crippen LogP contribution in [0.2, 0.25) is 5.02 Å². The summed E-state index contributed by atoms with van der Waals surface area (Å²) in [5.74, 6) is -0.860. The number of ether oxygens (including phenoxy) is 2. The molecule has 2 aromatic carbocycles. The van der Waals surface area contributed by atoms with E-state index in [1.165, 1.54) is 12.1 Å². The molecular formula is C24H26ClF2N7O2S. The van der Waals surface area contributed by atoms with Gasteiger partial charge in [0.2, 0.25) is 0 Å². The fourth-order valence-corrected chi connectivity index (χ4v) is 5.63. The normalized spacial score (nSPS) is 18.2. The molecule has 0 unspecified atom stereocenters. The van der Waals surface area contributed by atoms with Crippen LogP contribution >= 0.6 is 22.9 Å². The third-order valence-corrected chi connectivity index (χ3v) is 7.66. The van der Waals surface area contributed by atoms with Gasteiger partial charge in [0, 0.05) is 49.3 Å². The Morgan fingerprint density at radius 1 is 1.24 bits per heavy atom. The number of nitrogens with two attached hydrogens (primary N) is 2. The van der Waals surface area contributed by atoms with Crippen molar-refractivity contribution in [3.63, 3.8) is 0 Å². The summed E-state index contributed by atoms with van der Waals surface area (Å²) < 4.78 is 42.2. The maximum Gasteiger partial charge on any atom is 0.319 e. The molecule has 13 heteroatoms. The number of likely N-dealkylation sites (tertiary alicyclic amines) is 1. The summed E-state index contributed by atoms with van der Waals surface area (Å²) in [5, 5.41) is 3.72. The van der Waals surface area contributed by atoms with Crippen LogP contribution in [0.1, 0.15) is 6.42 Å². The molecule has 1 aliphatic heterocycles. The SMILES string of the molecule is CO[C@@H]1C[C@@H](COc2nc(NCCN)c3cc(Cl)c(-c4ccc(F)c5sc(N)nc45)c(F)c3n2)N(C)C1. The van der Waals surface area contributed by atoms with E-state index in [4.69, 9.17) is 32.5 Å². The van der Waals surface area contributed by atoms with Gasteiger partial charge in [-0.3, -0.25) is 4.90 Å². The number of nitrogen functional groups attached to an aromatic ring is 1. The standard InChI is InChI=1S/C24H26ClF2N7O2S/c1-34-9-12(35-2)7-11(34)10-36-24-32-19-14(22(33-24)30-6-5-28)8-15(25)17(18(19)27)13-3-4-16(26)21-20(13)31-23(29)37-21/h3-4,8,11-12H,5-7,9-10,28H2,1-2H3,(H2,29,31)(H,30,32,33)/t11-,12+/m0/s1. The van der Waals surface area contributed by atoms with Gasteiger partial charge in [-0.15, -0.1) is 0 Å². The maximum atomic E-state index is 16.2. The van der Waals surface area contributed by atoms with E-state index in [0.29, 0.717) is 36.5 Å². The van der Waals surface area contributed by atoms with Crippen molar-refractivity contribution in [2.75, 3.05) is 51.4 Å². The van der Waals surface area contributed by atoms with Gasteiger partial charge >= 0.3 is 6.01 Å². The van der Waals surface area contributed by atoms with Crippen LogP contribution in [-0.2, 0) is 4.74 Å². The van der Waals surface area contributed by atoms with Gasteiger partial charge in [-0.05, 0) is 31.7 Å². The van der Waals surface area contributed by atoms with Crippen molar-refractivity contribution in [2.45, 2.75) is 18.6 Å². The minimum atomic E-state index is -0.706. The average Bonchev–Trinajstić information content (AvgIpc) is 3.45. The largest absolute Gasteiger partial charge is 0.462 e. The van der Waals surface area contributed by atoms with Crippen LogP contribution in [0.5, 0.6) is 6.01 Å². The summed E-state index contributed by atoms with van der Waals surface area (Å²) in [6, 6.07) is 4.34. The first-order valence-electron chi connectivity index (χ1n) is 11.6. The molecule has 3 heterocycles. The van der Waals surface area contributed by atoms with Crippen LogP contribution in [0.15, 0.2) is 18.2 Å². The first-order valence-corrected chi connectivity index (χ1v) is 12.8. The Bertz CT molecular complexity index is 1470. The zero-order chi connectivity index (χ0) is 26.3. The first-order chi connectivity index (χ1) is 17.8. The highest BCUT2D eigenvalue weighted by Gasteiger charge is 2.30. The molecule has 0 bridgehead atoms. The number of rotatable bonds is 8. The Balaban J connectivity index is 1.60. The summed E-state index contributed by atoms with van der Waals surface area (Å²) >= 11 is 7.56. The molecule has 2 aromatic heterocycles. The monoisotopic (exact) mass is 549 g/mol. The molecule has 0 radical (unpaired) electrons. The lowest BCUT2D eigenvalue weighted by Crippen LogP contribution is -2.31. The minimum absolute atomic E-state index is 0.000794. The zero-order valence-corrected chi connectivity index (χ0v) is 21.8. The summed E-state index contributed by atoms with van der Waals surface area (Å²) in [6.07, 6.45) is 0.914. The number of benzene rings is 2. The Morgan fingerprint density at radius 3 is 2.78 bits per heavy atom. The molecule has 9 nitrogen and oxygen atoms in total. The first kappa shape index (κ1) is 25.7. The van der Waals surface area contributed by atoms with E-state index in [2.05, 4.69) is 25.2 Å². The number of fused-ring (bicyclic) bond motifs is 2. The quantitative estimate of drug-likeness (QED) is 0.300. The van der Waals surface area contributed by atoms with Crippen LogP contribution in [-0.4, -0.2) is 72.4 Å². The molecule has 4 aromatic rings. The molecule has 5 rings (SSSR count). The molecular weight excluding hydrogens is 524 g/mol. The van der Waals surface area contributed by atoms with Gasteiger partial charge < -0.3 is 26.3 Å². The minimum Gasteiger partial charge on any atom is -0.462 e. The smallest absolute Gasteiger partial charge is 0.319 e. The van der Waals surface area contributed by atoms with Crippen LogP contribution in [0, 0.1) is 11.6 Å². The number of methoxy groups -OCH3 is 1. The van der Waals surface area contributed by atoms with Gasteiger partial charge in [-0.25, -0.2) is 13.8 Å². The van der Waals surface area contributed by atoms with E-state index in [1.807, 2.05) is 7.05 Å². The number of anilines is 2. The molecule has 2 atom stereocenters. The molecule has 1 fully saturated rings. The molecule has 0 aliphatic carbocycles. The number of nitrogens with one attached hydrogen (secondary N) is 1. The number of halogens is 3. The lowest BCUT2D eigenvalue weighted by molar-refractivity contribution is 0.111. The van der Waals surface area contributed by atoms with Crippen molar-refractivity contribution in [1.29, 1.82) is 0 Å². The molecule has 0 spiro atoms. The van der Waals surface area contributed by atoms with Gasteiger partial charge in [0.25, 0.3) is 0 Å². The van der Waals surface area contributed by atoms with Crippen LogP contribution < -0.4 is 21.5 Å². The Kier molecular flexibility index (Phi) is 7.28. The van der Waals surface area contributed by atoms with Crippen molar-refractivity contribution in [3.8, 4) is 17.1 Å². The third-order valence-electron chi connectivity index (χ3n) is 6.47. The fourth-order valence-electron chi connectivity index (χ4n) is 4.57. The van der Waals surface area contributed by atoms with Crippen LogP contribution in [0.4, 0.5) is 19.7 Å². The molecule has 1 saturated heterocycles. The van der Waals surface area contributed by atoms with E-state index in [0.717, 1.165) is 24.3 Å². The van der Waals surface area contributed by atoms with E-state index in [1.54, 1.807) is 13.2 Å². The van der Waals surface area contributed by atoms with Crippen LogP contribution in [0.3, 0.4) is 0 Å². The van der Waals surface area contributed by atoms with E-state index in [-0.39, 0.29) is 49.6 Å². The second kappa shape index (κ2) is 10.5. The van der Waals surface area contributed by atoms with E-state index >= 15 is 4.39 Å². The van der Waals surface area contributed by atoms with Gasteiger partial charge in [0.1, 0.15) is 23.8 Å². The number of hydrogen-bond donors (Lipinski definition) is 3. The highest BCUT2D eigenvalue weighted by Crippen LogP contribution is 2.42. The molecule has 0 amide bonds. The second-order valence-electron chi connectivity index (χ2n) is 8.84. The zero-order valence-electron chi connectivity index (χ0n) is 20.2. The molecule has 0 saturated carbocycles. The molecule has 37 heavy (non-hydrogen) atoms. The number of thiazole rings is 1.